The van der Waals surface area contributed by atoms with Crippen molar-refractivity contribution in [2.24, 2.45) is 0 Å². The van der Waals surface area contributed by atoms with E-state index >= 15 is 0 Å². The third-order valence-electron chi connectivity index (χ3n) is 7.45. The van der Waals surface area contributed by atoms with Crippen LogP contribution in [0.1, 0.15) is 67.6 Å². The molecule has 6 nitrogen and oxygen atoms in total. The number of hydrogen-bond acceptors (Lipinski definition) is 4. The maximum absolute atomic E-state index is 13.7. The minimum Gasteiger partial charge on any atom is -0.342 e. The Morgan fingerprint density at radius 2 is 1.82 bits per heavy atom. The van der Waals surface area contributed by atoms with Crippen LogP contribution >= 0.6 is 11.3 Å². The van der Waals surface area contributed by atoms with E-state index < -0.39 is 0 Å². The van der Waals surface area contributed by atoms with Crippen molar-refractivity contribution in [2.75, 3.05) is 13.1 Å². The average molecular weight is 465 g/mol. The molecular weight excluding hydrogens is 432 g/mol. The van der Waals surface area contributed by atoms with Crippen LogP contribution in [0.2, 0.25) is 0 Å². The van der Waals surface area contributed by atoms with Crippen LogP contribution in [0.25, 0.3) is 0 Å². The minimum atomic E-state index is -0.316. The van der Waals surface area contributed by atoms with Gasteiger partial charge in [0.25, 0.3) is 0 Å². The molecule has 0 atom stereocenters. The van der Waals surface area contributed by atoms with Gasteiger partial charge >= 0.3 is 5.69 Å². The van der Waals surface area contributed by atoms with E-state index in [-0.39, 0.29) is 17.0 Å². The molecule has 3 aromatic rings. The van der Waals surface area contributed by atoms with Gasteiger partial charge in [-0.25, -0.2) is 9.48 Å². The van der Waals surface area contributed by atoms with E-state index in [1.54, 1.807) is 16.0 Å². The van der Waals surface area contributed by atoms with Crippen molar-refractivity contribution >= 4 is 17.2 Å². The number of carbonyl (C=O) groups excluding carboxylic acids is 1. The summed E-state index contributed by atoms with van der Waals surface area (Å²) in [5.41, 5.74) is 0.712. The number of carbonyl (C=O) groups is 1. The van der Waals surface area contributed by atoms with Crippen LogP contribution < -0.4 is 5.69 Å². The van der Waals surface area contributed by atoms with Gasteiger partial charge in [0.2, 0.25) is 5.91 Å². The van der Waals surface area contributed by atoms with Gasteiger partial charge in [-0.05, 0) is 49.6 Å². The number of benzene rings is 1. The highest BCUT2D eigenvalue weighted by Gasteiger charge is 2.46. The summed E-state index contributed by atoms with van der Waals surface area (Å²) in [6.07, 6.45) is 5.89. The minimum absolute atomic E-state index is 0.0440. The molecule has 1 aliphatic carbocycles. The number of likely N-dealkylation sites (tertiary alicyclic amines) is 1. The molecule has 33 heavy (non-hydrogen) atoms. The molecule has 174 valence electrons. The van der Waals surface area contributed by atoms with E-state index in [4.69, 9.17) is 5.10 Å². The average Bonchev–Trinajstić information content (AvgIpc) is 3.61. The van der Waals surface area contributed by atoms with Gasteiger partial charge in [-0.2, -0.15) is 5.10 Å². The molecule has 0 spiro atoms. The maximum atomic E-state index is 13.7. The lowest BCUT2D eigenvalue weighted by Crippen LogP contribution is -2.48. The van der Waals surface area contributed by atoms with Crippen molar-refractivity contribution in [1.82, 2.24) is 19.2 Å². The molecule has 2 fully saturated rings. The quantitative estimate of drug-likeness (QED) is 0.544. The van der Waals surface area contributed by atoms with Gasteiger partial charge in [0.1, 0.15) is 5.82 Å². The smallest absolute Gasteiger partial charge is 0.342 e. The summed E-state index contributed by atoms with van der Waals surface area (Å²) in [4.78, 5) is 30.0. The van der Waals surface area contributed by atoms with Crippen LogP contribution in [0, 0.1) is 0 Å². The first-order chi connectivity index (χ1) is 16.1. The van der Waals surface area contributed by atoms with Gasteiger partial charge in [0.05, 0.1) is 12.0 Å². The summed E-state index contributed by atoms with van der Waals surface area (Å²) in [6, 6.07) is 14.2. The first kappa shape index (κ1) is 22.1. The Morgan fingerprint density at radius 1 is 1.09 bits per heavy atom. The first-order valence-corrected chi connectivity index (χ1v) is 13.0. The van der Waals surface area contributed by atoms with Crippen LogP contribution in [-0.2, 0) is 23.3 Å². The summed E-state index contributed by atoms with van der Waals surface area (Å²) < 4.78 is 3.41. The number of rotatable bonds is 6. The highest BCUT2D eigenvalue weighted by Crippen LogP contribution is 2.45. The summed E-state index contributed by atoms with van der Waals surface area (Å²) in [5.74, 6) is 1.39. The Kier molecular flexibility index (Phi) is 6.23. The first-order valence-electron chi connectivity index (χ1n) is 12.2. The number of amides is 1. The maximum Gasteiger partial charge on any atom is 0.346 e. The molecule has 0 bridgehead atoms. The van der Waals surface area contributed by atoms with Gasteiger partial charge in [-0.1, -0.05) is 49.2 Å². The zero-order chi connectivity index (χ0) is 22.8. The molecule has 7 heteroatoms. The van der Waals surface area contributed by atoms with Crippen molar-refractivity contribution < 1.29 is 4.79 Å². The van der Waals surface area contributed by atoms with Crippen molar-refractivity contribution in [2.45, 2.75) is 69.9 Å². The largest absolute Gasteiger partial charge is 0.346 e. The Bertz CT molecular complexity index is 1130. The number of hydrogen-bond donors (Lipinski definition) is 0. The summed E-state index contributed by atoms with van der Waals surface area (Å²) in [7, 11) is 0. The second-order valence-electron chi connectivity index (χ2n) is 9.36. The standard InChI is InChI=1S/C26H32N4O2S/c1-2-29-23(27-30(25(29)32)19-20-9-4-3-5-10-20)21-12-16-28(17-13-21)24(31)26(14-6-7-15-26)22-11-8-18-33-22/h3-5,8-11,18,21H,2,6-7,12-17,19H2,1H3. The van der Waals surface area contributed by atoms with E-state index in [1.165, 1.54) is 4.88 Å². The van der Waals surface area contributed by atoms with Crippen molar-refractivity contribution in [3.63, 3.8) is 0 Å². The van der Waals surface area contributed by atoms with Gasteiger partial charge in [0.15, 0.2) is 0 Å². The van der Waals surface area contributed by atoms with Crippen molar-refractivity contribution in [3.05, 3.63) is 74.6 Å². The molecule has 2 aliphatic rings. The highest BCUT2D eigenvalue weighted by atomic mass is 32.1. The lowest BCUT2D eigenvalue weighted by Gasteiger charge is -2.38. The molecule has 0 N–H and O–H groups in total. The number of thiophene rings is 1. The summed E-state index contributed by atoms with van der Waals surface area (Å²) in [6.45, 7) is 4.58. The Morgan fingerprint density at radius 3 is 2.45 bits per heavy atom. The van der Waals surface area contributed by atoms with Crippen LogP contribution in [0.3, 0.4) is 0 Å². The predicted molar refractivity (Wildman–Crippen MR) is 131 cm³/mol. The molecule has 3 heterocycles. The van der Waals surface area contributed by atoms with Crippen molar-refractivity contribution in [1.29, 1.82) is 0 Å². The van der Waals surface area contributed by atoms with Gasteiger partial charge in [-0.3, -0.25) is 9.36 Å². The number of piperidine rings is 1. The molecule has 1 saturated carbocycles. The Labute approximate surface area is 198 Å². The monoisotopic (exact) mass is 464 g/mol. The van der Waals surface area contributed by atoms with E-state index in [9.17, 15) is 9.59 Å². The molecule has 1 amide bonds. The fourth-order valence-electron chi connectivity index (χ4n) is 5.65. The third-order valence-corrected chi connectivity index (χ3v) is 8.52. The zero-order valence-electron chi connectivity index (χ0n) is 19.3. The Hall–Kier alpha value is -2.67. The van der Waals surface area contributed by atoms with Gasteiger partial charge in [0, 0.05) is 30.4 Å². The fraction of sp³-hybridized carbons (Fsp3) is 0.500. The molecule has 0 radical (unpaired) electrons. The van der Waals surface area contributed by atoms with Crippen LogP contribution in [-0.4, -0.2) is 38.2 Å². The van der Waals surface area contributed by atoms with E-state index in [2.05, 4.69) is 22.4 Å². The predicted octanol–water partition coefficient (Wildman–Crippen LogP) is 4.39. The molecule has 1 aliphatic heterocycles. The number of aromatic nitrogens is 3. The lowest BCUT2D eigenvalue weighted by molar-refractivity contribution is -0.138. The zero-order valence-corrected chi connectivity index (χ0v) is 20.1. The normalized spacial score (nSPS) is 18.6. The summed E-state index contributed by atoms with van der Waals surface area (Å²) >= 11 is 1.72. The summed E-state index contributed by atoms with van der Waals surface area (Å²) in [5, 5.41) is 6.85. The highest BCUT2D eigenvalue weighted by molar-refractivity contribution is 7.10. The van der Waals surface area contributed by atoms with Gasteiger partial charge < -0.3 is 4.90 Å². The SMILES string of the molecule is CCn1c(C2CCN(C(=O)C3(c4cccs4)CCCC3)CC2)nn(Cc2ccccc2)c1=O. The molecular formula is C26H32N4O2S. The second kappa shape index (κ2) is 9.29. The number of nitrogens with zero attached hydrogens (tertiary/aromatic N) is 4. The van der Waals surface area contributed by atoms with E-state index in [0.717, 1.165) is 63.0 Å². The third kappa shape index (κ3) is 4.07. The molecule has 0 unspecified atom stereocenters. The molecule has 5 rings (SSSR count). The van der Waals surface area contributed by atoms with E-state index in [0.29, 0.717) is 19.0 Å². The Balaban J connectivity index is 1.31. The molecule has 2 aromatic heterocycles. The second-order valence-corrected chi connectivity index (χ2v) is 10.3. The molecule has 1 aromatic carbocycles. The van der Waals surface area contributed by atoms with Gasteiger partial charge in [-0.15, -0.1) is 11.3 Å². The van der Waals surface area contributed by atoms with Crippen LogP contribution in [0.5, 0.6) is 0 Å². The molecule has 1 saturated heterocycles. The topological polar surface area (TPSA) is 60.1 Å². The van der Waals surface area contributed by atoms with Crippen molar-refractivity contribution in [3.8, 4) is 0 Å². The lowest BCUT2D eigenvalue weighted by atomic mass is 9.82. The van der Waals surface area contributed by atoms with Crippen LogP contribution in [0.4, 0.5) is 0 Å². The fourth-order valence-corrected chi connectivity index (χ4v) is 6.63. The van der Waals surface area contributed by atoms with E-state index in [1.807, 2.05) is 41.8 Å². The van der Waals surface area contributed by atoms with Crippen LogP contribution in [0.15, 0.2) is 52.6 Å².